The molecule has 1 amide bonds. The summed E-state index contributed by atoms with van der Waals surface area (Å²) in [6.45, 7) is 8.20. The molecule has 19 heavy (non-hydrogen) atoms. The maximum absolute atomic E-state index is 11.3. The van der Waals surface area contributed by atoms with Crippen LogP contribution in [0.15, 0.2) is 18.3 Å². The van der Waals surface area contributed by atoms with Crippen LogP contribution in [0.4, 0.5) is 5.82 Å². The summed E-state index contributed by atoms with van der Waals surface area (Å²) in [5.41, 5.74) is 6.44. The van der Waals surface area contributed by atoms with Crippen LogP contribution in [0.25, 0.3) is 0 Å². The SMILES string of the molecule is CCN(CC)c1ccc(CNC(=O)C(C)N)cn1.Cl. The summed E-state index contributed by atoms with van der Waals surface area (Å²) in [5.74, 6) is 0.810. The molecule has 1 unspecified atom stereocenters. The van der Waals surface area contributed by atoms with E-state index < -0.39 is 6.04 Å². The molecule has 5 nitrogen and oxygen atoms in total. The molecule has 1 aromatic heterocycles. The molecule has 0 bridgehead atoms. The van der Waals surface area contributed by atoms with Crippen molar-refractivity contribution in [3.05, 3.63) is 23.9 Å². The largest absolute Gasteiger partial charge is 0.357 e. The zero-order valence-electron chi connectivity index (χ0n) is 11.7. The van der Waals surface area contributed by atoms with Crippen molar-refractivity contribution < 1.29 is 4.79 Å². The Bertz CT molecular complexity index is 377. The van der Waals surface area contributed by atoms with E-state index in [-0.39, 0.29) is 18.3 Å². The smallest absolute Gasteiger partial charge is 0.236 e. The lowest BCUT2D eigenvalue weighted by molar-refractivity contribution is -0.122. The molecule has 0 aliphatic rings. The Kier molecular flexibility index (Phi) is 8.11. The van der Waals surface area contributed by atoms with Crippen molar-refractivity contribution in [1.82, 2.24) is 10.3 Å². The molecule has 0 aromatic carbocycles. The van der Waals surface area contributed by atoms with Crippen molar-refractivity contribution in [2.24, 2.45) is 5.73 Å². The molecular formula is C13H23ClN4O. The molecule has 0 saturated carbocycles. The number of pyridine rings is 1. The Hall–Kier alpha value is -1.33. The Balaban J connectivity index is 0.00000324. The lowest BCUT2D eigenvalue weighted by Gasteiger charge is -2.19. The van der Waals surface area contributed by atoms with Crippen LogP contribution in [0.1, 0.15) is 26.3 Å². The van der Waals surface area contributed by atoms with E-state index in [4.69, 9.17) is 5.73 Å². The molecule has 0 radical (unpaired) electrons. The van der Waals surface area contributed by atoms with Gasteiger partial charge in [0.05, 0.1) is 6.04 Å². The minimum absolute atomic E-state index is 0. The predicted octanol–water partition coefficient (Wildman–Crippen LogP) is 1.31. The lowest BCUT2D eigenvalue weighted by Crippen LogP contribution is -2.37. The van der Waals surface area contributed by atoms with Gasteiger partial charge in [0, 0.05) is 25.8 Å². The van der Waals surface area contributed by atoms with E-state index in [1.54, 1.807) is 13.1 Å². The van der Waals surface area contributed by atoms with Crippen LogP contribution in [0.3, 0.4) is 0 Å². The van der Waals surface area contributed by atoms with E-state index in [0.717, 1.165) is 24.5 Å². The molecule has 0 spiro atoms. The number of nitrogens with two attached hydrogens (primary N) is 1. The molecular weight excluding hydrogens is 264 g/mol. The van der Waals surface area contributed by atoms with E-state index in [1.165, 1.54) is 0 Å². The predicted molar refractivity (Wildman–Crippen MR) is 80.5 cm³/mol. The molecule has 0 aliphatic heterocycles. The van der Waals surface area contributed by atoms with Crippen LogP contribution in [0.2, 0.25) is 0 Å². The number of amides is 1. The van der Waals surface area contributed by atoms with Crippen LogP contribution >= 0.6 is 12.4 Å². The van der Waals surface area contributed by atoms with Gasteiger partial charge >= 0.3 is 0 Å². The van der Waals surface area contributed by atoms with Gasteiger partial charge in [-0.05, 0) is 32.4 Å². The fourth-order valence-electron chi connectivity index (χ4n) is 1.61. The molecule has 0 aliphatic carbocycles. The second-order valence-electron chi connectivity index (χ2n) is 4.20. The van der Waals surface area contributed by atoms with Crippen molar-refractivity contribution in [1.29, 1.82) is 0 Å². The van der Waals surface area contributed by atoms with Crippen molar-refractivity contribution in [2.45, 2.75) is 33.4 Å². The van der Waals surface area contributed by atoms with Crippen molar-refractivity contribution in [3.63, 3.8) is 0 Å². The van der Waals surface area contributed by atoms with Gasteiger partial charge in [-0.15, -0.1) is 12.4 Å². The highest BCUT2D eigenvalue weighted by atomic mass is 35.5. The van der Waals surface area contributed by atoms with Crippen molar-refractivity contribution >= 4 is 24.1 Å². The summed E-state index contributed by atoms with van der Waals surface area (Å²) < 4.78 is 0. The number of hydrogen-bond acceptors (Lipinski definition) is 4. The first-order chi connectivity index (χ1) is 8.58. The average molecular weight is 287 g/mol. The number of anilines is 1. The number of carbonyl (C=O) groups excluding carboxylic acids is 1. The molecule has 1 aromatic rings. The maximum Gasteiger partial charge on any atom is 0.236 e. The minimum Gasteiger partial charge on any atom is -0.357 e. The zero-order chi connectivity index (χ0) is 13.5. The van der Waals surface area contributed by atoms with Gasteiger partial charge < -0.3 is 16.0 Å². The first-order valence-electron chi connectivity index (χ1n) is 6.31. The first kappa shape index (κ1) is 17.7. The second kappa shape index (κ2) is 8.72. The van der Waals surface area contributed by atoms with Gasteiger partial charge in [-0.25, -0.2) is 4.98 Å². The molecule has 0 saturated heterocycles. The number of rotatable bonds is 6. The molecule has 3 N–H and O–H groups in total. The highest BCUT2D eigenvalue weighted by Gasteiger charge is 2.07. The molecule has 108 valence electrons. The maximum atomic E-state index is 11.3. The monoisotopic (exact) mass is 286 g/mol. The van der Waals surface area contributed by atoms with E-state index in [9.17, 15) is 4.79 Å². The van der Waals surface area contributed by atoms with E-state index in [1.807, 2.05) is 12.1 Å². The summed E-state index contributed by atoms with van der Waals surface area (Å²) in [6, 6.07) is 3.47. The van der Waals surface area contributed by atoms with Gasteiger partial charge in [0.25, 0.3) is 0 Å². The van der Waals surface area contributed by atoms with Gasteiger partial charge in [0.1, 0.15) is 5.82 Å². The third kappa shape index (κ3) is 5.44. The van der Waals surface area contributed by atoms with Crippen molar-refractivity contribution in [2.75, 3.05) is 18.0 Å². The first-order valence-corrected chi connectivity index (χ1v) is 6.31. The lowest BCUT2D eigenvalue weighted by atomic mass is 10.2. The Morgan fingerprint density at radius 3 is 2.47 bits per heavy atom. The van der Waals surface area contributed by atoms with E-state index in [0.29, 0.717) is 6.54 Å². The van der Waals surface area contributed by atoms with Crippen LogP contribution in [-0.2, 0) is 11.3 Å². The highest BCUT2D eigenvalue weighted by molar-refractivity contribution is 5.85. The summed E-state index contributed by atoms with van der Waals surface area (Å²) >= 11 is 0. The molecule has 1 rings (SSSR count). The van der Waals surface area contributed by atoms with Gasteiger partial charge in [0.15, 0.2) is 0 Å². The number of nitrogens with zero attached hydrogens (tertiary/aromatic N) is 2. The summed E-state index contributed by atoms with van der Waals surface area (Å²) in [4.78, 5) is 17.9. The number of hydrogen-bond donors (Lipinski definition) is 2. The third-order valence-corrected chi connectivity index (χ3v) is 2.78. The Morgan fingerprint density at radius 1 is 1.42 bits per heavy atom. The number of nitrogens with one attached hydrogen (secondary N) is 1. The van der Waals surface area contributed by atoms with Crippen LogP contribution in [0.5, 0.6) is 0 Å². The summed E-state index contributed by atoms with van der Waals surface area (Å²) in [7, 11) is 0. The molecule has 6 heteroatoms. The molecule has 1 atom stereocenters. The number of carbonyl (C=O) groups is 1. The third-order valence-electron chi connectivity index (χ3n) is 2.78. The van der Waals surface area contributed by atoms with Crippen LogP contribution in [-0.4, -0.2) is 30.0 Å². The topological polar surface area (TPSA) is 71.2 Å². The summed E-state index contributed by atoms with van der Waals surface area (Å²) in [6.07, 6.45) is 1.79. The highest BCUT2D eigenvalue weighted by Crippen LogP contribution is 2.10. The normalized spacial score (nSPS) is 11.4. The van der Waals surface area contributed by atoms with Gasteiger partial charge in [0.2, 0.25) is 5.91 Å². The van der Waals surface area contributed by atoms with E-state index >= 15 is 0 Å². The zero-order valence-corrected chi connectivity index (χ0v) is 12.5. The van der Waals surface area contributed by atoms with Crippen LogP contribution < -0.4 is 16.0 Å². The standard InChI is InChI=1S/C13H22N4O.ClH/c1-4-17(5-2)12-7-6-11(8-15-12)9-16-13(18)10(3)14;/h6-8,10H,4-5,9,14H2,1-3H3,(H,16,18);1H. The summed E-state index contributed by atoms with van der Waals surface area (Å²) in [5, 5.41) is 2.76. The van der Waals surface area contributed by atoms with Gasteiger partial charge in [-0.1, -0.05) is 6.07 Å². The Morgan fingerprint density at radius 2 is 2.05 bits per heavy atom. The van der Waals surface area contributed by atoms with Crippen molar-refractivity contribution in [3.8, 4) is 0 Å². The van der Waals surface area contributed by atoms with Gasteiger partial charge in [-0.2, -0.15) is 0 Å². The average Bonchev–Trinajstić information content (AvgIpc) is 2.38. The quantitative estimate of drug-likeness (QED) is 0.827. The molecule has 0 fully saturated rings. The van der Waals surface area contributed by atoms with Crippen LogP contribution in [0, 0.1) is 0 Å². The van der Waals surface area contributed by atoms with E-state index in [2.05, 4.69) is 29.0 Å². The minimum atomic E-state index is -0.479. The molecule has 1 heterocycles. The fourth-order valence-corrected chi connectivity index (χ4v) is 1.61. The van der Waals surface area contributed by atoms with Gasteiger partial charge in [-0.3, -0.25) is 4.79 Å². The Labute approximate surface area is 121 Å². The second-order valence-corrected chi connectivity index (χ2v) is 4.20. The fraction of sp³-hybridized carbons (Fsp3) is 0.538. The number of aromatic nitrogens is 1. The number of halogens is 1.